The van der Waals surface area contributed by atoms with Gasteiger partial charge >= 0.3 is 6.09 Å². The van der Waals surface area contributed by atoms with E-state index in [2.05, 4.69) is 10.5 Å². The first-order valence-corrected chi connectivity index (χ1v) is 14.6. The zero-order valence-corrected chi connectivity index (χ0v) is 24.7. The number of hydrogen-bond donors (Lipinski definition) is 3. The fourth-order valence-electron chi connectivity index (χ4n) is 4.81. The van der Waals surface area contributed by atoms with Crippen molar-refractivity contribution < 1.29 is 23.1 Å². The number of aromatic nitrogens is 1. The second-order valence-corrected chi connectivity index (χ2v) is 12.2. The summed E-state index contributed by atoms with van der Waals surface area (Å²) in [7, 11) is -3.79. The van der Waals surface area contributed by atoms with Crippen molar-refractivity contribution in [3.63, 3.8) is 0 Å². The highest BCUT2D eigenvalue weighted by atomic mass is 32.2. The van der Waals surface area contributed by atoms with E-state index in [1.165, 1.54) is 3.97 Å². The summed E-state index contributed by atoms with van der Waals surface area (Å²) in [6.07, 6.45) is 0.731. The van der Waals surface area contributed by atoms with E-state index in [4.69, 9.17) is 10.4 Å². The number of nitriles is 1. The largest absolute Gasteiger partial charge is 0.465 e. The van der Waals surface area contributed by atoms with Gasteiger partial charge in [-0.25, -0.2) is 17.2 Å². The minimum atomic E-state index is -3.79. The first kappa shape index (κ1) is 30.0. The number of hydrogen-bond acceptors (Lipinski definition) is 7. The molecule has 4 rings (SSSR count). The van der Waals surface area contributed by atoms with Crippen molar-refractivity contribution in [2.45, 2.75) is 51.9 Å². The zero-order chi connectivity index (χ0) is 30.8. The molecule has 216 valence electrons. The first-order chi connectivity index (χ1) is 19.8. The summed E-state index contributed by atoms with van der Waals surface area (Å²) in [4.78, 5) is 22.7. The summed E-state index contributed by atoms with van der Waals surface area (Å²) >= 11 is 0. The van der Waals surface area contributed by atoms with Crippen LogP contribution in [0.4, 0.5) is 10.5 Å². The standard InChI is InChI=1S/C31H31N5O5S/c1-18(2)27-17-36(42(40,41)24-9-6-19(3)7-10-24)29-11-8-22(15-26(27)29)14-25-20(4)12-23(13-21(25)5)34-35-28(16-32)30(37)33-31(38)39/h6-13,15,17-18,34H,14H2,1-5H3,(H,33,37)(H,38,39)/b35-28-. The molecule has 0 aliphatic rings. The third-order valence-electron chi connectivity index (χ3n) is 6.98. The predicted molar refractivity (Wildman–Crippen MR) is 161 cm³/mol. The van der Waals surface area contributed by atoms with Gasteiger partial charge < -0.3 is 5.11 Å². The highest BCUT2D eigenvalue weighted by Gasteiger charge is 2.23. The van der Waals surface area contributed by atoms with Crippen LogP contribution < -0.4 is 10.7 Å². The van der Waals surface area contributed by atoms with Crippen LogP contribution >= 0.6 is 0 Å². The number of carbonyl (C=O) groups excluding carboxylic acids is 1. The normalized spacial score (nSPS) is 11.9. The van der Waals surface area contributed by atoms with Crippen LogP contribution in [0.2, 0.25) is 0 Å². The van der Waals surface area contributed by atoms with E-state index in [0.29, 0.717) is 17.6 Å². The van der Waals surface area contributed by atoms with Crippen molar-refractivity contribution in [1.82, 2.24) is 9.29 Å². The van der Waals surface area contributed by atoms with Crippen LogP contribution in [0, 0.1) is 32.1 Å². The Kier molecular flexibility index (Phi) is 8.49. The molecule has 42 heavy (non-hydrogen) atoms. The van der Waals surface area contributed by atoms with Gasteiger partial charge in [0, 0.05) is 11.6 Å². The number of anilines is 1. The SMILES string of the molecule is Cc1ccc(S(=O)(=O)n2cc(C(C)C)c3cc(Cc4c(C)cc(N/N=C(/C#N)C(=O)NC(=O)O)cc4C)ccc32)cc1. The molecule has 0 saturated heterocycles. The second-order valence-electron chi connectivity index (χ2n) is 10.4. The first-order valence-electron chi connectivity index (χ1n) is 13.2. The maximum atomic E-state index is 13.6. The van der Waals surface area contributed by atoms with Crippen LogP contribution in [0.3, 0.4) is 0 Å². The maximum absolute atomic E-state index is 13.6. The number of carbonyl (C=O) groups is 2. The number of carboxylic acid groups (broad SMARTS) is 1. The summed E-state index contributed by atoms with van der Waals surface area (Å²) in [5, 5.41) is 24.0. The molecule has 0 fully saturated rings. The number of benzene rings is 3. The summed E-state index contributed by atoms with van der Waals surface area (Å²) < 4.78 is 28.5. The van der Waals surface area contributed by atoms with Gasteiger partial charge in [0.1, 0.15) is 6.07 Å². The molecule has 10 nitrogen and oxygen atoms in total. The van der Waals surface area contributed by atoms with E-state index >= 15 is 0 Å². The number of amides is 2. The van der Waals surface area contributed by atoms with Gasteiger partial charge in [-0.3, -0.25) is 15.5 Å². The molecule has 0 spiro atoms. The number of imide groups is 1. The van der Waals surface area contributed by atoms with E-state index in [-0.39, 0.29) is 10.8 Å². The summed E-state index contributed by atoms with van der Waals surface area (Å²) in [5.74, 6) is -1.03. The molecule has 0 aliphatic carbocycles. The third-order valence-corrected chi connectivity index (χ3v) is 8.67. The number of fused-ring (bicyclic) bond motifs is 1. The molecule has 0 saturated carbocycles. The molecule has 11 heteroatoms. The average molecular weight is 586 g/mol. The smallest absolute Gasteiger partial charge is 0.411 e. The highest BCUT2D eigenvalue weighted by Crippen LogP contribution is 2.32. The van der Waals surface area contributed by atoms with E-state index in [9.17, 15) is 18.0 Å². The third kappa shape index (κ3) is 6.19. The van der Waals surface area contributed by atoms with Gasteiger partial charge in [0.2, 0.25) is 5.71 Å². The van der Waals surface area contributed by atoms with Gasteiger partial charge in [-0.15, -0.1) is 0 Å². The van der Waals surface area contributed by atoms with Crippen molar-refractivity contribution >= 4 is 44.3 Å². The molecular formula is C31H31N5O5S. The summed E-state index contributed by atoms with van der Waals surface area (Å²) in [6.45, 7) is 9.85. The highest BCUT2D eigenvalue weighted by molar-refractivity contribution is 7.90. The molecule has 3 N–H and O–H groups in total. The molecule has 0 bridgehead atoms. The van der Waals surface area contributed by atoms with Crippen molar-refractivity contribution in [2.75, 3.05) is 5.43 Å². The molecule has 0 atom stereocenters. The van der Waals surface area contributed by atoms with Crippen molar-refractivity contribution in [2.24, 2.45) is 5.10 Å². The fraction of sp³-hybridized carbons (Fsp3) is 0.226. The zero-order valence-electron chi connectivity index (χ0n) is 23.9. The van der Waals surface area contributed by atoms with Crippen molar-refractivity contribution in [3.05, 3.63) is 94.2 Å². The van der Waals surface area contributed by atoms with Crippen LogP contribution in [0.1, 0.15) is 53.1 Å². The topological polar surface area (TPSA) is 154 Å². The van der Waals surface area contributed by atoms with Crippen LogP contribution in [0.25, 0.3) is 10.9 Å². The quantitative estimate of drug-likeness (QED) is 0.180. The lowest BCUT2D eigenvalue weighted by Gasteiger charge is -2.14. The van der Waals surface area contributed by atoms with E-state index < -0.39 is 27.7 Å². The van der Waals surface area contributed by atoms with Crippen molar-refractivity contribution in [1.29, 1.82) is 5.26 Å². The monoisotopic (exact) mass is 585 g/mol. The number of aryl methyl sites for hydroxylation is 3. The summed E-state index contributed by atoms with van der Waals surface area (Å²) in [5.41, 5.74) is 9.04. The number of hydrazone groups is 1. The van der Waals surface area contributed by atoms with Crippen LogP contribution in [0.15, 0.2) is 70.8 Å². The Hall–Kier alpha value is -4.95. The Balaban J connectivity index is 1.66. The number of nitrogens with one attached hydrogen (secondary N) is 2. The lowest BCUT2D eigenvalue weighted by Crippen LogP contribution is -2.34. The average Bonchev–Trinajstić information content (AvgIpc) is 3.31. The lowest BCUT2D eigenvalue weighted by molar-refractivity contribution is -0.114. The van der Waals surface area contributed by atoms with Crippen LogP contribution in [-0.2, 0) is 21.2 Å². The van der Waals surface area contributed by atoms with Crippen LogP contribution in [-0.4, -0.2) is 35.2 Å². The Morgan fingerprint density at radius 3 is 2.24 bits per heavy atom. The molecule has 1 aromatic heterocycles. The van der Waals surface area contributed by atoms with Gasteiger partial charge in [-0.1, -0.05) is 37.6 Å². The van der Waals surface area contributed by atoms with Crippen LogP contribution in [0.5, 0.6) is 0 Å². The minimum Gasteiger partial charge on any atom is -0.465 e. The Bertz CT molecular complexity index is 1860. The van der Waals surface area contributed by atoms with Gasteiger partial charge in [-0.05, 0) is 97.3 Å². The number of nitrogens with zero attached hydrogens (tertiary/aromatic N) is 3. The van der Waals surface area contributed by atoms with Gasteiger partial charge in [0.15, 0.2) is 0 Å². The molecular weight excluding hydrogens is 554 g/mol. The molecule has 0 radical (unpaired) electrons. The molecule has 0 aliphatic heterocycles. The predicted octanol–water partition coefficient (Wildman–Crippen LogP) is 5.60. The Labute approximate surface area is 244 Å². The van der Waals surface area contributed by atoms with Crippen molar-refractivity contribution in [3.8, 4) is 6.07 Å². The molecule has 2 amide bonds. The minimum absolute atomic E-state index is 0.0995. The summed E-state index contributed by atoms with van der Waals surface area (Å²) in [6, 6.07) is 17.9. The number of rotatable bonds is 8. The molecule has 0 unspecified atom stereocenters. The second kappa shape index (κ2) is 11.9. The van der Waals surface area contributed by atoms with E-state index in [1.807, 2.05) is 65.0 Å². The van der Waals surface area contributed by atoms with E-state index in [0.717, 1.165) is 38.8 Å². The van der Waals surface area contributed by atoms with Gasteiger partial charge in [0.05, 0.1) is 16.1 Å². The molecule has 4 aromatic rings. The Morgan fingerprint density at radius 1 is 1.02 bits per heavy atom. The van der Waals surface area contributed by atoms with E-state index in [1.54, 1.807) is 41.8 Å². The van der Waals surface area contributed by atoms with Gasteiger partial charge in [-0.2, -0.15) is 10.4 Å². The molecule has 3 aromatic carbocycles. The maximum Gasteiger partial charge on any atom is 0.411 e. The fourth-order valence-corrected chi connectivity index (χ4v) is 6.19. The lowest BCUT2D eigenvalue weighted by atomic mass is 9.94. The molecule has 1 heterocycles. The van der Waals surface area contributed by atoms with Gasteiger partial charge in [0.25, 0.3) is 15.9 Å². The Morgan fingerprint density at radius 2 is 1.67 bits per heavy atom.